The van der Waals surface area contributed by atoms with Gasteiger partial charge in [-0.25, -0.2) is 0 Å². The molecule has 1 rings (SSSR count). The van der Waals surface area contributed by atoms with Crippen LogP contribution < -0.4 is 9.47 Å². The summed E-state index contributed by atoms with van der Waals surface area (Å²) < 4.78 is 10.4. The summed E-state index contributed by atoms with van der Waals surface area (Å²) in [7, 11) is 1.60. The van der Waals surface area contributed by atoms with Crippen LogP contribution in [0.15, 0.2) is 18.2 Å². The van der Waals surface area contributed by atoms with Crippen LogP contribution in [0, 0.1) is 6.92 Å². The third-order valence-electron chi connectivity index (χ3n) is 1.67. The molecule has 0 saturated carbocycles. The highest BCUT2D eigenvalue weighted by atomic mass is 32.1. The maximum atomic E-state index is 8.58. The second-order valence-electron chi connectivity index (χ2n) is 2.73. The first-order chi connectivity index (χ1) is 7.27. The zero-order valence-corrected chi connectivity index (χ0v) is 10.3. The van der Waals surface area contributed by atoms with E-state index in [1.54, 1.807) is 13.4 Å². The number of ether oxygens (including phenoxy) is 2. The number of hydrogen-bond donors (Lipinski definition) is 2. The molecule has 0 bridgehead atoms. The third-order valence-corrected chi connectivity index (χ3v) is 1.67. The van der Waals surface area contributed by atoms with Crippen molar-refractivity contribution in [3.8, 4) is 11.5 Å². The van der Waals surface area contributed by atoms with E-state index in [0.717, 1.165) is 5.56 Å². The summed E-state index contributed by atoms with van der Waals surface area (Å²) in [6.45, 7) is 2.29. The van der Waals surface area contributed by atoms with Crippen molar-refractivity contribution in [1.82, 2.24) is 0 Å². The predicted octanol–water partition coefficient (Wildman–Crippen LogP) is 1.92. The van der Waals surface area contributed by atoms with E-state index in [1.807, 2.05) is 25.1 Å². The fraction of sp³-hybridized carbons (Fsp3) is 0.455. The lowest BCUT2D eigenvalue weighted by atomic mass is 10.2. The number of aryl methyl sites for hydroxylation is 1. The van der Waals surface area contributed by atoms with Crippen LogP contribution in [-0.4, -0.2) is 31.7 Å². The zero-order chi connectivity index (χ0) is 11.7. The van der Waals surface area contributed by atoms with Crippen LogP contribution in [0.3, 0.4) is 0 Å². The molecule has 0 fully saturated rings. The molecule has 0 amide bonds. The molecule has 86 valence electrons. The summed E-state index contributed by atoms with van der Waals surface area (Å²) in [6, 6.07) is 5.67. The molecule has 1 N–H and O–H groups in total. The second-order valence-corrected chi connectivity index (χ2v) is 2.73. The summed E-state index contributed by atoms with van der Waals surface area (Å²) in [5, 5.41) is 8.58. The fourth-order valence-corrected chi connectivity index (χ4v) is 1.05. The first kappa shape index (κ1) is 14.1. The Labute approximate surface area is 96.4 Å². The van der Waals surface area contributed by atoms with Gasteiger partial charge in [-0.05, 0) is 30.9 Å². The molecule has 15 heavy (non-hydrogen) atoms. The molecule has 0 unspecified atom stereocenters. The maximum absolute atomic E-state index is 8.58. The van der Waals surface area contributed by atoms with Gasteiger partial charge in [-0.1, -0.05) is 6.07 Å². The average molecular weight is 230 g/mol. The maximum Gasteiger partial charge on any atom is 0.161 e. The molecule has 0 aliphatic heterocycles. The lowest BCUT2D eigenvalue weighted by Gasteiger charge is -2.09. The third kappa shape index (κ3) is 4.95. The minimum absolute atomic E-state index is 0.0109. The number of hydrogen-bond acceptors (Lipinski definition) is 4. The number of aliphatic hydroxyl groups excluding tert-OH is 1. The smallest absolute Gasteiger partial charge is 0.161 e. The van der Waals surface area contributed by atoms with Crippen LogP contribution in [0.4, 0.5) is 0 Å². The van der Waals surface area contributed by atoms with E-state index >= 15 is 0 Å². The van der Waals surface area contributed by atoms with Gasteiger partial charge in [0.25, 0.3) is 0 Å². The SMILES string of the molecule is COc1cc(C)ccc1OCCO.CS. The summed E-state index contributed by atoms with van der Waals surface area (Å²) in [5.41, 5.74) is 1.12. The number of benzene rings is 1. The number of thiol groups is 1. The van der Waals surface area contributed by atoms with Crippen LogP contribution in [0.2, 0.25) is 0 Å². The number of methoxy groups -OCH3 is 1. The Morgan fingerprint density at radius 3 is 2.47 bits per heavy atom. The molecular weight excluding hydrogens is 212 g/mol. The van der Waals surface area contributed by atoms with Crippen LogP contribution in [0.5, 0.6) is 11.5 Å². The van der Waals surface area contributed by atoms with Gasteiger partial charge in [-0.15, -0.1) is 0 Å². The quantitative estimate of drug-likeness (QED) is 0.776. The van der Waals surface area contributed by atoms with Crippen molar-refractivity contribution in [3.05, 3.63) is 23.8 Å². The van der Waals surface area contributed by atoms with E-state index in [-0.39, 0.29) is 6.61 Å². The first-order valence-electron chi connectivity index (χ1n) is 4.61. The largest absolute Gasteiger partial charge is 0.493 e. The van der Waals surface area contributed by atoms with Gasteiger partial charge in [-0.2, -0.15) is 12.6 Å². The lowest BCUT2D eigenvalue weighted by Crippen LogP contribution is -2.02. The highest BCUT2D eigenvalue weighted by molar-refractivity contribution is 7.79. The van der Waals surface area contributed by atoms with E-state index < -0.39 is 0 Å². The molecule has 4 heteroatoms. The minimum Gasteiger partial charge on any atom is -0.493 e. The molecular formula is C11H18O3S. The molecule has 1 aromatic carbocycles. The predicted molar refractivity (Wildman–Crippen MR) is 65.2 cm³/mol. The van der Waals surface area contributed by atoms with Crippen molar-refractivity contribution in [2.75, 3.05) is 26.6 Å². The summed E-state index contributed by atoms with van der Waals surface area (Å²) in [4.78, 5) is 0. The Morgan fingerprint density at radius 2 is 1.93 bits per heavy atom. The van der Waals surface area contributed by atoms with Gasteiger partial charge in [-0.3, -0.25) is 0 Å². The highest BCUT2D eigenvalue weighted by Gasteiger charge is 2.02. The molecule has 1 aromatic rings. The molecule has 3 nitrogen and oxygen atoms in total. The topological polar surface area (TPSA) is 38.7 Å². The molecule has 0 aliphatic rings. The Bertz CT molecular complexity index is 277. The molecule has 0 aromatic heterocycles. The van der Waals surface area contributed by atoms with Crippen LogP contribution >= 0.6 is 12.6 Å². The summed E-state index contributed by atoms with van der Waals surface area (Å²) >= 11 is 3.53. The number of aliphatic hydroxyl groups is 1. The molecule has 0 heterocycles. The molecule has 0 radical (unpaired) electrons. The van der Waals surface area contributed by atoms with E-state index in [2.05, 4.69) is 12.6 Å². The molecule has 0 aliphatic carbocycles. The van der Waals surface area contributed by atoms with Gasteiger partial charge in [0.05, 0.1) is 13.7 Å². The van der Waals surface area contributed by atoms with Gasteiger partial charge in [0.2, 0.25) is 0 Å². The highest BCUT2D eigenvalue weighted by Crippen LogP contribution is 2.27. The lowest BCUT2D eigenvalue weighted by molar-refractivity contribution is 0.196. The first-order valence-corrected chi connectivity index (χ1v) is 5.50. The van der Waals surface area contributed by atoms with Crippen molar-refractivity contribution in [1.29, 1.82) is 0 Å². The van der Waals surface area contributed by atoms with E-state index in [1.165, 1.54) is 0 Å². The van der Waals surface area contributed by atoms with Gasteiger partial charge >= 0.3 is 0 Å². The van der Waals surface area contributed by atoms with Crippen LogP contribution in [-0.2, 0) is 0 Å². The van der Waals surface area contributed by atoms with Gasteiger partial charge in [0, 0.05) is 0 Å². The Hall–Kier alpha value is -0.870. The van der Waals surface area contributed by atoms with Crippen molar-refractivity contribution in [2.24, 2.45) is 0 Å². The Balaban J connectivity index is 0.000000921. The average Bonchev–Trinajstić information content (AvgIpc) is 2.30. The van der Waals surface area contributed by atoms with Crippen molar-refractivity contribution >= 4 is 12.6 Å². The summed E-state index contributed by atoms with van der Waals surface area (Å²) in [5.74, 6) is 1.37. The van der Waals surface area contributed by atoms with Gasteiger partial charge < -0.3 is 14.6 Å². The minimum atomic E-state index is 0.0109. The Morgan fingerprint density at radius 1 is 1.27 bits per heavy atom. The van der Waals surface area contributed by atoms with Gasteiger partial charge in [0.1, 0.15) is 6.61 Å². The molecule has 0 spiro atoms. The zero-order valence-electron chi connectivity index (χ0n) is 9.36. The molecule has 0 saturated heterocycles. The van der Waals surface area contributed by atoms with E-state index in [9.17, 15) is 0 Å². The Kier molecular flexibility index (Phi) is 7.95. The second kappa shape index (κ2) is 8.44. The molecule has 0 atom stereocenters. The normalized spacial score (nSPS) is 8.87. The number of rotatable bonds is 4. The van der Waals surface area contributed by atoms with Gasteiger partial charge in [0.15, 0.2) is 11.5 Å². The van der Waals surface area contributed by atoms with Crippen molar-refractivity contribution in [2.45, 2.75) is 6.92 Å². The van der Waals surface area contributed by atoms with Crippen molar-refractivity contribution < 1.29 is 14.6 Å². The van der Waals surface area contributed by atoms with Crippen LogP contribution in [0.25, 0.3) is 0 Å². The van der Waals surface area contributed by atoms with E-state index in [4.69, 9.17) is 14.6 Å². The van der Waals surface area contributed by atoms with E-state index in [0.29, 0.717) is 18.1 Å². The monoisotopic (exact) mass is 230 g/mol. The van der Waals surface area contributed by atoms with Crippen molar-refractivity contribution in [3.63, 3.8) is 0 Å². The standard InChI is InChI=1S/C10H14O3.CH4S/c1-8-3-4-9(13-6-5-11)10(7-8)12-2;1-2/h3-4,7,11H,5-6H2,1-2H3;2H,1H3. The van der Waals surface area contributed by atoms with Crippen LogP contribution in [0.1, 0.15) is 5.56 Å². The fourth-order valence-electron chi connectivity index (χ4n) is 1.05. The summed E-state index contributed by atoms with van der Waals surface area (Å²) in [6.07, 6.45) is 1.69.